The molecular weight excluding hydrogens is 446 g/mol. The first-order chi connectivity index (χ1) is 17.0. The van der Waals surface area contributed by atoms with Gasteiger partial charge >= 0.3 is 6.03 Å². The van der Waals surface area contributed by atoms with Crippen molar-refractivity contribution in [2.75, 3.05) is 46.4 Å². The smallest absolute Gasteiger partial charge is 0.317 e. The highest BCUT2D eigenvalue weighted by Crippen LogP contribution is 2.20. The second-order valence-corrected chi connectivity index (χ2v) is 8.54. The van der Waals surface area contributed by atoms with Gasteiger partial charge in [-0.15, -0.1) is 0 Å². The van der Waals surface area contributed by atoms with Crippen molar-refractivity contribution in [3.63, 3.8) is 0 Å². The second-order valence-electron chi connectivity index (χ2n) is 8.54. The molecular formula is C26H33N5O4. The summed E-state index contributed by atoms with van der Waals surface area (Å²) >= 11 is 0. The summed E-state index contributed by atoms with van der Waals surface area (Å²) in [6.45, 7) is 9.03. The number of urea groups is 1. The molecule has 3 amide bonds. The number of rotatable bonds is 8. The number of piperazine rings is 1. The number of fused-ring (bicyclic) bond motifs is 1. The van der Waals surface area contributed by atoms with Crippen LogP contribution >= 0.6 is 0 Å². The number of hydrogen-bond acceptors (Lipinski definition) is 6. The zero-order valence-electron chi connectivity index (χ0n) is 20.6. The van der Waals surface area contributed by atoms with E-state index in [-0.39, 0.29) is 11.9 Å². The third kappa shape index (κ3) is 5.92. The standard InChI is InChI=1S/C26H33N5O4/c1-4-30(5-2)25(32)20-9-10-23-22(16-20)28-24(35-23)18-29-11-13-31(14-12-29)26(33)27-17-19-7-6-8-21(15-19)34-3/h6-10,15-16H,4-5,11-14,17-18H2,1-3H3,(H,27,33). The van der Waals surface area contributed by atoms with E-state index in [0.29, 0.717) is 61.8 Å². The fourth-order valence-corrected chi connectivity index (χ4v) is 4.24. The van der Waals surface area contributed by atoms with Crippen LogP contribution in [-0.2, 0) is 13.1 Å². The molecule has 0 spiro atoms. The normalized spacial score (nSPS) is 14.2. The number of nitrogens with one attached hydrogen (secondary N) is 1. The minimum atomic E-state index is -0.0697. The van der Waals surface area contributed by atoms with Gasteiger partial charge in [-0.3, -0.25) is 9.69 Å². The van der Waals surface area contributed by atoms with Crippen molar-refractivity contribution >= 4 is 23.0 Å². The maximum Gasteiger partial charge on any atom is 0.317 e. The van der Waals surface area contributed by atoms with Crippen LogP contribution in [0.3, 0.4) is 0 Å². The monoisotopic (exact) mass is 479 g/mol. The van der Waals surface area contributed by atoms with Gasteiger partial charge in [0.25, 0.3) is 5.91 Å². The quantitative estimate of drug-likeness (QED) is 0.533. The number of benzene rings is 2. The van der Waals surface area contributed by atoms with Gasteiger partial charge in [0.05, 0.1) is 13.7 Å². The highest BCUT2D eigenvalue weighted by atomic mass is 16.5. The third-order valence-electron chi connectivity index (χ3n) is 6.33. The lowest BCUT2D eigenvalue weighted by atomic mass is 10.2. The van der Waals surface area contributed by atoms with E-state index in [0.717, 1.165) is 24.4 Å². The lowest BCUT2D eigenvalue weighted by Gasteiger charge is -2.34. The number of nitrogens with zero attached hydrogens (tertiary/aromatic N) is 4. The summed E-state index contributed by atoms with van der Waals surface area (Å²) in [7, 11) is 1.63. The lowest BCUT2D eigenvalue weighted by molar-refractivity contribution is 0.0773. The van der Waals surface area contributed by atoms with E-state index in [9.17, 15) is 9.59 Å². The molecule has 0 unspecified atom stereocenters. The molecule has 9 heteroatoms. The summed E-state index contributed by atoms with van der Waals surface area (Å²) in [6.07, 6.45) is 0. The van der Waals surface area contributed by atoms with Gasteiger partial charge in [-0.2, -0.15) is 0 Å². The van der Waals surface area contributed by atoms with E-state index in [1.165, 1.54) is 0 Å². The van der Waals surface area contributed by atoms with Gasteiger partial charge in [0, 0.05) is 51.4 Å². The molecule has 1 fully saturated rings. The van der Waals surface area contributed by atoms with Gasteiger partial charge < -0.3 is 24.3 Å². The van der Waals surface area contributed by atoms with Gasteiger partial charge in [-0.25, -0.2) is 9.78 Å². The Kier molecular flexibility index (Phi) is 7.87. The van der Waals surface area contributed by atoms with Crippen molar-refractivity contribution in [1.29, 1.82) is 0 Å². The van der Waals surface area contributed by atoms with Crippen LogP contribution in [0.4, 0.5) is 4.79 Å². The molecule has 0 radical (unpaired) electrons. The fourth-order valence-electron chi connectivity index (χ4n) is 4.24. The number of carbonyl (C=O) groups excluding carboxylic acids is 2. The predicted molar refractivity (Wildman–Crippen MR) is 133 cm³/mol. The maximum absolute atomic E-state index is 12.6. The Morgan fingerprint density at radius 1 is 1.09 bits per heavy atom. The number of aromatic nitrogens is 1. The van der Waals surface area contributed by atoms with E-state index < -0.39 is 0 Å². The fraction of sp³-hybridized carbons (Fsp3) is 0.423. The molecule has 2 aromatic carbocycles. The van der Waals surface area contributed by atoms with E-state index in [2.05, 4.69) is 15.2 Å². The van der Waals surface area contributed by atoms with Crippen LogP contribution in [0.2, 0.25) is 0 Å². The number of amides is 3. The Bertz CT molecular complexity index is 1170. The van der Waals surface area contributed by atoms with Crippen LogP contribution in [0.1, 0.15) is 35.7 Å². The van der Waals surface area contributed by atoms with Crippen LogP contribution in [0.15, 0.2) is 46.9 Å². The molecule has 9 nitrogen and oxygen atoms in total. The summed E-state index contributed by atoms with van der Waals surface area (Å²) in [6, 6.07) is 13.0. The molecule has 4 rings (SSSR count). The number of ether oxygens (including phenoxy) is 1. The number of carbonyl (C=O) groups is 2. The number of hydrogen-bond donors (Lipinski definition) is 1. The topological polar surface area (TPSA) is 91.2 Å². The van der Waals surface area contributed by atoms with Gasteiger partial charge in [-0.1, -0.05) is 12.1 Å². The van der Waals surface area contributed by atoms with Crippen molar-refractivity contribution in [2.45, 2.75) is 26.9 Å². The molecule has 1 saturated heterocycles. The highest BCUT2D eigenvalue weighted by Gasteiger charge is 2.22. The summed E-state index contributed by atoms with van der Waals surface area (Å²) in [4.78, 5) is 35.7. The van der Waals surface area contributed by atoms with Crippen LogP contribution in [0, 0.1) is 0 Å². The summed E-state index contributed by atoms with van der Waals surface area (Å²) in [5, 5.41) is 2.98. The molecule has 0 aliphatic carbocycles. The molecule has 0 saturated carbocycles. The van der Waals surface area contributed by atoms with Gasteiger partial charge in [-0.05, 0) is 49.7 Å². The zero-order valence-corrected chi connectivity index (χ0v) is 20.6. The van der Waals surface area contributed by atoms with E-state index in [1.54, 1.807) is 24.1 Å². The third-order valence-corrected chi connectivity index (χ3v) is 6.33. The van der Waals surface area contributed by atoms with Gasteiger partial charge in [0.1, 0.15) is 11.3 Å². The molecule has 1 aliphatic rings. The molecule has 2 heterocycles. The van der Waals surface area contributed by atoms with Crippen molar-refractivity contribution < 1.29 is 18.7 Å². The Hall–Kier alpha value is -3.59. The number of methoxy groups -OCH3 is 1. The summed E-state index contributed by atoms with van der Waals surface area (Å²) in [5.74, 6) is 1.39. The second kappa shape index (κ2) is 11.2. The van der Waals surface area contributed by atoms with E-state index in [1.807, 2.05) is 49.1 Å². The largest absolute Gasteiger partial charge is 0.497 e. The SMILES string of the molecule is CCN(CC)C(=O)c1ccc2oc(CN3CCN(C(=O)NCc4cccc(OC)c4)CC3)nc2c1. The Labute approximate surface area is 205 Å². The van der Waals surface area contributed by atoms with E-state index >= 15 is 0 Å². The van der Waals surface area contributed by atoms with Crippen molar-refractivity contribution in [2.24, 2.45) is 0 Å². The maximum atomic E-state index is 12.6. The molecule has 3 aromatic rings. The molecule has 1 aromatic heterocycles. The minimum absolute atomic E-state index is 0.00208. The van der Waals surface area contributed by atoms with Crippen LogP contribution < -0.4 is 10.1 Å². The van der Waals surface area contributed by atoms with Gasteiger partial charge in [0.2, 0.25) is 5.89 Å². The van der Waals surface area contributed by atoms with Crippen molar-refractivity contribution in [1.82, 2.24) is 25.0 Å². The average Bonchev–Trinajstić information content (AvgIpc) is 3.30. The first kappa shape index (κ1) is 24.5. The minimum Gasteiger partial charge on any atom is -0.497 e. The Balaban J connectivity index is 1.29. The van der Waals surface area contributed by atoms with Gasteiger partial charge in [0.15, 0.2) is 5.58 Å². The average molecular weight is 480 g/mol. The Morgan fingerprint density at radius 2 is 1.86 bits per heavy atom. The van der Waals surface area contributed by atoms with Crippen molar-refractivity contribution in [3.05, 3.63) is 59.5 Å². The molecule has 1 aliphatic heterocycles. The van der Waals surface area contributed by atoms with Crippen molar-refractivity contribution in [3.8, 4) is 5.75 Å². The van der Waals surface area contributed by atoms with Crippen LogP contribution in [-0.4, -0.2) is 78.0 Å². The zero-order chi connectivity index (χ0) is 24.8. The lowest BCUT2D eigenvalue weighted by Crippen LogP contribution is -2.51. The van der Waals surface area contributed by atoms with Crippen LogP contribution in [0.25, 0.3) is 11.1 Å². The summed E-state index contributed by atoms with van der Waals surface area (Å²) in [5.41, 5.74) is 2.98. The molecule has 1 N–H and O–H groups in total. The molecule has 35 heavy (non-hydrogen) atoms. The molecule has 0 bridgehead atoms. The first-order valence-corrected chi connectivity index (χ1v) is 12.1. The van der Waals surface area contributed by atoms with Crippen LogP contribution in [0.5, 0.6) is 5.75 Å². The highest BCUT2D eigenvalue weighted by molar-refractivity contribution is 5.97. The predicted octanol–water partition coefficient (Wildman–Crippen LogP) is 3.35. The van der Waals surface area contributed by atoms with E-state index in [4.69, 9.17) is 9.15 Å². The summed E-state index contributed by atoms with van der Waals surface area (Å²) < 4.78 is 11.2. The first-order valence-electron chi connectivity index (χ1n) is 12.1. The molecule has 0 atom stereocenters. The molecule has 186 valence electrons. The Morgan fingerprint density at radius 3 is 2.57 bits per heavy atom. The number of oxazole rings is 1.